The van der Waals surface area contributed by atoms with Crippen molar-refractivity contribution in [2.24, 2.45) is 0 Å². The van der Waals surface area contributed by atoms with Gasteiger partial charge in [-0.2, -0.15) is 0 Å². The number of hydrogen-bond acceptors (Lipinski definition) is 5. The van der Waals surface area contributed by atoms with Crippen LogP contribution in [-0.4, -0.2) is 29.2 Å². The Morgan fingerprint density at radius 3 is 2.52 bits per heavy atom. The molecule has 2 rings (SSSR count). The molecule has 0 saturated carbocycles. The molecule has 1 unspecified atom stereocenters. The topological polar surface area (TPSA) is 84.3 Å². The van der Waals surface area contributed by atoms with Crippen molar-refractivity contribution >= 4 is 40.6 Å². The first kappa shape index (κ1) is 19.1. The summed E-state index contributed by atoms with van der Waals surface area (Å²) in [6.07, 6.45) is 0. The first-order valence-electron chi connectivity index (χ1n) is 7.64. The first-order chi connectivity index (χ1) is 12.0. The summed E-state index contributed by atoms with van der Waals surface area (Å²) in [6.45, 7) is 2.79. The maximum atomic E-state index is 12.1. The highest BCUT2D eigenvalue weighted by molar-refractivity contribution is 8.00. The van der Waals surface area contributed by atoms with Crippen molar-refractivity contribution in [3.05, 3.63) is 63.7 Å². The third kappa shape index (κ3) is 5.95. The number of carbonyl (C=O) groups excluding carboxylic acids is 1. The van der Waals surface area contributed by atoms with Gasteiger partial charge in [0.2, 0.25) is 5.91 Å². The van der Waals surface area contributed by atoms with E-state index in [0.29, 0.717) is 18.1 Å². The molecule has 2 N–H and O–H groups in total. The van der Waals surface area contributed by atoms with Gasteiger partial charge in [-0.3, -0.25) is 14.9 Å². The van der Waals surface area contributed by atoms with Gasteiger partial charge >= 0.3 is 0 Å². The summed E-state index contributed by atoms with van der Waals surface area (Å²) >= 11 is 7.50. The Labute approximate surface area is 155 Å². The Hall–Kier alpha value is -2.25. The SMILES string of the molecule is CC(Sc1ccccc1Cl)C(=O)NCCNc1ccc([N+](=O)[O-])cc1. The minimum absolute atomic E-state index is 0.0456. The minimum atomic E-state index is -0.442. The molecule has 0 fully saturated rings. The van der Waals surface area contributed by atoms with Crippen LogP contribution >= 0.6 is 23.4 Å². The van der Waals surface area contributed by atoms with E-state index in [4.69, 9.17) is 11.6 Å². The average molecular weight is 380 g/mol. The Morgan fingerprint density at radius 1 is 1.20 bits per heavy atom. The Bertz CT molecular complexity index is 740. The lowest BCUT2D eigenvalue weighted by Crippen LogP contribution is -2.34. The van der Waals surface area contributed by atoms with E-state index in [0.717, 1.165) is 10.6 Å². The Morgan fingerprint density at radius 2 is 1.88 bits per heavy atom. The molecule has 0 spiro atoms. The molecule has 1 atom stereocenters. The molecular formula is C17H18ClN3O3S. The van der Waals surface area contributed by atoms with Gasteiger partial charge in [0.15, 0.2) is 0 Å². The van der Waals surface area contributed by atoms with Crippen molar-refractivity contribution < 1.29 is 9.72 Å². The second kappa shape index (κ2) is 9.29. The quantitative estimate of drug-likeness (QED) is 0.314. The molecule has 2 aromatic rings. The van der Waals surface area contributed by atoms with Crippen molar-refractivity contribution in [2.75, 3.05) is 18.4 Å². The number of nitro benzene ring substituents is 1. The van der Waals surface area contributed by atoms with Crippen molar-refractivity contribution in [3.8, 4) is 0 Å². The number of nitrogens with zero attached hydrogens (tertiary/aromatic N) is 1. The van der Waals surface area contributed by atoms with Gasteiger partial charge < -0.3 is 10.6 Å². The fourth-order valence-corrected chi connectivity index (χ4v) is 3.20. The molecule has 0 radical (unpaired) electrons. The number of halogens is 1. The summed E-state index contributed by atoms with van der Waals surface area (Å²) in [4.78, 5) is 23.1. The minimum Gasteiger partial charge on any atom is -0.383 e. The molecule has 1 amide bonds. The summed E-state index contributed by atoms with van der Waals surface area (Å²) in [5.41, 5.74) is 0.808. The van der Waals surface area contributed by atoms with E-state index in [1.54, 1.807) is 18.2 Å². The third-order valence-corrected chi connectivity index (χ3v) is 4.96. The van der Waals surface area contributed by atoms with Crippen LogP contribution in [0.5, 0.6) is 0 Å². The summed E-state index contributed by atoms with van der Waals surface area (Å²) < 4.78 is 0. The second-order valence-corrected chi connectivity index (χ2v) is 7.00. The van der Waals surface area contributed by atoms with E-state index in [1.165, 1.54) is 23.9 Å². The van der Waals surface area contributed by atoms with Gasteiger partial charge in [0, 0.05) is 35.8 Å². The highest BCUT2D eigenvalue weighted by Gasteiger charge is 2.15. The van der Waals surface area contributed by atoms with Gasteiger partial charge in [0.05, 0.1) is 15.2 Å². The number of hydrogen-bond donors (Lipinski definition) is 2. The van der Waals surface area contributed by atoms with E-state index in [1.807, 2.05) is 25.1 Å². The maximum absolute atomic E-state index is 12.1. The van der Waals surface area contributed by atoms with Crippen LogP contribution in [-0.2, 0) is 4.79 Å². The number of amides is 1. The number of rotatable bonds is 8. The lowest BCUT2D eigenvalue weighted by atomic mass is 10.3. The van der Waals surface area contributed by atoms with Gasteiger partial charge in [-0.05, 0) is 31.2 Å². The molecule has 2 aromatic carbocycles. The number of carbonyl (C=O) groups is 1. The van der Waals surface area contributed by atoms with Crippen LogP contribution in [0.2, 0.25) is 5.02 Å². The van der Waals surface area contributed by atoms with Crippen LogP contribution in [0, 0.1) is 10.1 Å². The zero-order chi connectivity index (χ0) is 18.2. The molecule has 0 heterocycles. The molecule has 25 heavy (non-hydrogen) atoms. The molecule has 0 bridgehead atoms. The van der Waals surface area contributed by atoms with Gasteiger partial charge in [0.1, 0.15) is 0 Å². The van der Waals surface area contributed by atoms with E-state index < -0.39 is 4.92 Å². The van der Waals surface area contributed by atoms with Crippen molar-refractivity contribution in [3.63, 3.8) is 0 Å². The van der Waals surface area contributed by atoms with Crippen molar-refractivity contribution in [1.29, 1.82) is 0 Å². The standard InChI is InChI=1S/C17H18ClN3O3S/c1-12(25-16-5-3-2-4-15(16)18)17(22)20-11-10-19-13-6-8-14(9-7-13)21(23)24/h2-9,12,19H,10-11H2,1H3,(H,20,22). The average Bonchev–Trinajstić information content (AvgIpc) is 2.60. The molecule has 8 heteroatoms. The lowest BCUT2D eigenvalue weighted by molar-refractivity contribution is -0.384. The van der Waals surface area contributed by atoms with E-state index in [9.17, 15) is 14.9 Å². The number of benzene rings is 2. The van der Waals surface area contributed by atoms with E-state index in [-0.39, 0.29) is 16.8 Å². The molecule has 0 aromatic heterocycles. The molecule has 0 aliphatic heterocycles. The maximum Gasteiger partial charge on any atom is 0.269 e. The molecule has 0 saturated heterocycles. The number of nitro groups is 1. The van der Waals surface area contributed by atoms with Gasteiger partial charge in [-0.1, -0.05) is 23.7 Å². The van der Waals surface area contributed by atoms with Crippen molar-refractivity contribution in [2.45, 2.75) is 17.1 Å². The lowest BCUT2D eigenvalue weighted by Gasteiger charge is -2.13. The smallest absolute Gasteiger partial charge is 0.269 e. The van der Waals surface area contributed by atoms with Crippen LogP contribution in [0.1, 0.15) is 6.92 Å². The van der Waals surface area contributed by atoms with Crippen molar-refractivity contribution in [1.82, 2.24) is 5.32 Å². The second-order valence-electron chi connectivity index (χ2n) is 5.21. The monoisotopic (exact) mass is 379 g/mol. The van der Waals surface area contributed by atoms with Crippen LogP contribution < -0.4 is 10.6 Å². The van der Waals surface area contributed by atoms with Crippen LogP contribution in [0.3, 0.4) is 0 Å². The number of anilines is 1. The van der Waals surface area contributed by atoms with Crippen LogP contribution in [0.25, 0.3) is 0 Å². The Balaban J connectivity index is 1.72. The molecule has 6 nitrogen and oxygen atoms in total. The highest BCUT2D eigenvalue weighted by Crippen LogP contribution is 2.29. The van der Waals surface area contributed by atoms with Crippen LogP contribution in [0.15, 0.2) is 53.4 Å². The van der Waals surface area contributed by atoms with Crippen LogP contribution in [0.4, 0.5) is 11.4 Å². The predicted molar refractivity (Wildman–Crippen MR) is 101 cm³/mol. The van der Waals surface area contributed by atoms with E-state index >= 15 is 0 Å². The fourth-order valence-electron chi connectivity index (χ4n) is 2.02. The van der Waals surface area contributed by atoms with Gasteiger partial charge in [0.25, 0.3) is 5.69 Å². The summed E-state index contributed by atoms with van der Waals surface area (Å²) in [7, 11) is 0. The molecule has 132 valence electrons. The van der Waals surface area contributed by atoms with E-state index in [2.05, 4.69) is 10.6 Å². The molecule has 0 aliphatic carbocycles. The van der Waals surface area contributed by atoms with Gasteiger partial charge in [-0.15, -0.1) is 11.8 Å². The number of non-ortho nitro benzene ring substituents is 1. The molecule has 0 aliphatic rings. The van der Waals surface area contributed by atoms with Gasteiger partial charge in [-0.25, -0.2) is 0 Å². The first-order valence-corrected chi connectivity index (χ1v) is 8.90. The summed E-state index contributed by atoms with van der Waals surface area (Å²) in [6, 6.07) is 13.5. The third-order valence-electron chi connectivity index (χ3n) is 3.34. The number of thioether (sulfide) groups is 1. The molecular weight excluding hydrogens is 362 g/mol. The zero-order valence-electron chi connectivity index (χ0n) is 13.6. The fraction of sp³-hybridized carbons (Fsp3) is 0.235. The zero-order valence-corrected chi connectivity index (χ0v) is 15.1. The number of nitrogens with one attached hydrogen (secondary N) is 2. The highest BCUT2D eigenvalue weighted by atomic mass is 35.5. The Kier molecular flexibility index (Phi) is 7.09. The normalized spacial score (nSPS) is 11.6. The largest absolute Gasteiger partial charge is 0.383 e. The predicted octanol–water partition coefficient (Wildman–Crippen LogP) is 3.96. The summed E-state index contributed by atoms with van der Waals surface area (Å²) in [5.74, 6) is -0.0737. The summed E-state index contributed by atoms with van der Waals surface area (Å²) in [5, 5.41) is 16.9.